The Morgan fingerprint density at radius 2 is 2.05 bits per heavy atom. The van der Waals surface area contributed by atoms with Gasteiger partial charge in [0.1, 0.15) is 16.9 Å². The SMILES string of the molecule is O=C1OCCC1Sc1n[nH]c(-c2cc(F)cc(F)c2)n1. The Morgan fingerprint density at radius 1 is 1.30 bits per heavy atom. The second-order valence-corrected chi connectivity index (χ2v) is 5.36. The number of benzene rings is 1. The van der Waals surface area contributed by atoms with Crippen molar-refractivity contribution in [3.8, 4) is 11.4 Å². The first-order valence-electron chi connectivity index (χ1n) is 5.84. The maximum absolute atomic E-state index is 13.1. The molecule has 5 nitrogen and oxygen atoms in total. The number of thioether (sulfide) groups is 1. The third-order valence-corrected chi connectivity index (χ3v) is 3.84. The van der Waals surface area contributed by atoms with Gasteiger partial charge in [-0.3, -0.25) is 9.89 Å². The predicted molar refractivity (Wildman–Crippen MR) is 67.0 cm³/mol. The highest BCUT2D eigenvalue weighted by atomic mass is 32.2. The number of nitrogens with one attached hydrogen (secondary N) is 1. The molecule has 104 valence electrons. The lowest BCUT2D eigenvalue weighted by molar-refractivity contribution is -0.137. The van der Waals surface area contributed by atoms with Crippen molar-refractivity contribution in [2.75, 3.05) is 6.61 Å². The minimum absolute atomic E-state index is 0.247. The van der Waals surface area contributed by atoms with Gasteiger partial charge in [-0.25, -0.2) is 13.8 Å². The number of aromatic amines is 1. The average Bonchev–Trinajstić information content (AvgIpc) is 2.99. The van der Waals surface area contributed by atoms with Crippen molar-refractivity contribution in [1.29, 1.82) is 0 Å². The number of esters is 1. The Balaban J connectivity index is 1.81. The summed E-state index contributed by atoms with van der Waals surface area (Å²) in [6.45, 7) is 0.392. The molecule has 2 aromatic rings. The molecule has 1 aromatic heterocycles. The summed E-state index contributed by atoms with van der Waals surface area (Å²) >= 11 is 1.17. The summed E-state index contributed by atoms with van der Waals surface area (Å²) in [7, 11) is 0. The quantitative estimate of drug-likeness (QED) is 0.879. The van der Waals surface area contributed by atoms with Crippen molar-refractivity contribution in [2.45, 2.75) is 16.8 Å². The van der Waals surface area contributed by atoms with Crippen molar-refractivity contribution in [2.24, 2.45) is 0 Å². The van der Waals surface area contributed by atoms with E-state index in [0.717, 1.165) is 18.2 Å². The summed E-state index contributed by atoms with van der Waals surface area (Å²) in [5, 5.41) is 6.53. The fraction of sp³-hybridized carbons (Fsp3) is 0.250. The molecule has 1 fully saturated rings. The number of hydrogen-bond acceptors (Lipinski definition) is 5. The van der Waals surface area contributed by atoms with Crippen LogP contribution >= 0.6 is 11.8 Å². The molecular formula is C12H9F2N3O2S. The second kappa shape index (κ2) is 5.20. The van der Waals surface area contributed by atoms with E-state index in [4.69, 9.17) is 4.74 Å². The number of hydrogen-bond donors (Lipinski definition) is 1. The summed E-state index contributed by atoms with van der Waals surface area (Å²) in [6.07, 6.45) is 0.599. The molecule has 1 aliphatic rings. The molecule has 0 bridgehead atoms. The van der Waals surface area contributed by atoms with E-state index in [-0.39, 0.29) is 22.6 Å². The Kier molecular flexibility index (Phi) is 3.39. The van der Waals surface area contributed by atoms with Crippen LogP contribution in [-0.2, 0) is 9.53 Å². The largest absolute Gasteiger partial charge is 0.465 e. The fourth-order valence-corrected chi connectivity index (χ4v) is 2.71. The van der Waals surface area contributed by atoms with Gasteiger partial charge in [0.05, 0.1) is 6.61 Å². The first-order chi connectivity index (χ1) is 9.61. The molecule has 1 saturated heterocycles. The van der Waals surface area contributed by atoms with Gasteiger partial charge in [-0.05, 0) is 12.1 Å². The van der Waals surface area contributed by atoms with Crippen LogP contribution in [0.5, 0.6) is 0 Å². The van der Waals surface area contributed by atoms with E-state index in [2.05, 4.69) is 15.2 Å². The number of halogens is 2. The molecule has 1 atom stereocenters. The zero-order valence-electron chi connectivity index (χ0n) is 10.1. The van der Waals surface area contributed by atoms with Crippen LogP contribution in [0, 0.1) is 11.6 Å². The topological polar surface area (TPSA) is 67.9 Å². The summed E-state index contributed by atoms with van der Waals surface area (Å²) in [5.41, 5.74) is 0.260. The highest BCUT2D eigenvalue weighted by Gasteiger charge is 2.28. The highest BCUT2D eigenvalue weighted by molar-refractivity contribution is 8.00. The molecule has 1 aliphatic heterocycles. The number of carbonyl (C=O) groups excluding carboxylic acids is 1. The molecule has 0 saturated carbocycles. The fourth-order valence-electron chi connectivity index (χ4n) is 1.83. The Hall–Kier alpha value is -1.96. The van der Waals surface area contributed by atoms with E-state index in [1.807, 2.05) is 0 Å². The Labute approximate surface area is 116 Å². The molecule has 0 amide bonds. The van der Waals surface area contributed by atoms with Crippen molar-refractivity contribution in [3.05, 3.63) is 29.8 Å². The molecule has 2 heterocycles. The minimum atomic E-state index is -0.690. The molecule has 8 heteroatoms. The third kappa shape index (κ3) is 2.64. The molecule has 0 spiro atoms. The number of aromatic nitrogens is 3. The van der Waals surface area contributed by atoms with E-state index < -0.39 is 11.6 Å². The molecule has 20 heavy (non-hydrogen) atoms. The molecule has 0 aliphatic carbocycles. The number of carbonyl (C=O) groups is 1. The first kappa shape index (κ1) is 13.0. The summed E-state index contributed by atoms with van der Waals surface area (Å²) < 4.78 is 31.1. The number of nitrogens with zero attached hydrogens (tertiary/aromatic N) is 2. The molecular weight excluding hydrogens is 288 g/mol. The zero-order valence-corrected chi connectivity index (χ0v) is 10.9. The number of H-pyrrole nitrogens is 1. The number of ether oxygens (including phenoxy) is 1. The monoisotopic (exact) mass is 297 g/mol. The van der Waals surface area contributed by atoms with E-state index in [9.17, 15) is 13.6 Å². The van der Waals surface area contributed by atoms with Gasteiger partial charge in [0.15, 0.2) is 5.82 Å². The zero-order chi connectivity index (χ0) is 14.1. The van der Waals surface area contributed by atoms with Gasteiger partial charge in [-0.2, -0.15) is 0 Å². The minimum Gasteiger partial charge on any atom is -0.465 e. The van der Waals surface area contributed by atoms with Gasteiger partial charge >= 0.3 is 5.97 Å². The van der Waals surface area contributed by atoms with Crippen LogP contribution in [0.15, 0.2) is 23.4 Å². The van der Waals surface area contributed by atoms with Gasteiger partial charge in [0, 0.05) is 18.1 Å². The van der Waals surface area contributed by atoms with Crippen molar-refractivity contribution < 1.29 is 18.3 Å². The normalized spacial score (nSPS) is 18.3. The summed E-state index contributed by atoms with van der Waals surface area (Å²) in [5.74, 6) is -1.43. The van der Waals surface area contributed by atoms with Gasteiger partial charge in [-0.15, -0.1) is 5.10 Å². The lowest BCUT2D eigenvalue weighted by Crippen LogP contribution is -2.09. The van der Waals surface area contributed by atoms with Crippen LogP contribution in [0.2, 0.25) is 0 Å². The number of cyclic esters (lactones) is 1. The van der Waals surface area contributed by atoms with E-state index in [1.54, 1.807) is 0 Å². The van der Waals surface area contributed by atoms with Crippen LogP contribution in [0.25, 0.3) is 11.4 Å². The van der Waals surface area contributed by atoms with Crippen LogP contribution in [-0.4, -0.2) is 33.0 Å². The maximum atomic E-state index is 13.1. The van der Waals surface area contributed by atoms with Crippen molar-refractivity contribution >= 4 is 17.7 Å². The van der Waals surface area contributed by atoms with Crippen LogP contribution in [0.3, 0.4) is 0 Å². The molecule has 1 aromatic carbocycles. The van der Waals surface area contributed by atoms with Gasteiger partial charge in [0.25, 0.3) is 0 Å². The van der Waals surface area contributed by atoms with Crippen LogP contribution in [0.4, 0.5) is 8.78 Å². The van der Waals surface area contributed by atoms with E-state index in [0.29, 0.717) is 18.2 Å². The molecule has 0 radical (unpaired) electrons. The maximum Gasteiger partial charge on any atom is 0.319 e. The highest BCUT2D eigenvalue weighted by Crippen LogP contribution is 2.28. The van der Waals surface area contributed by atoms with Gasteiger partial charge in [0.2, 0.25) is 5.16 Å². The van der Waals surface area contributed by atoms with Crippen LogP contribution < -0.4 is 0 Å². The van der Waals surface area contributed by atoms with Crippen LogP contribution in [0.1, 0.15) is 6.42 Å². The van der Waals surface area contributed by atoms with Crippen molar-refractivity contribution in [1.82, 2.24) is 15.2 Å². The Morgan fingerprint density at radius 3 is 2.70 bits per heavy atom. The molecule has 1 unspecified atom stereocenters. The third-order valence-electron chi connectivity index (χ3n) is 2.74. The van der Waals surface area contributed by atoms with Gasteiger partial charge in [-0.1, -0.05) is 11.8 Å². The predicted octanol–water partition coefficient (Wildman–Crippen LogP) is 2.16. The second-order valence-electron chi connectivity index (χ2n) is 4.19. The molecule has 1 N–H and O–H groups in total. The lowest BCUT2D eigenvalue weighted by atomic mass is 10.2. The van der Waals surface area contributed by atoms with Crippen molar-refractivity contribution in [3.63, 3.8) is 0 Å². The number of rotatable bonds is 3. The average molecular weight is 297 g/mol. The standard InChI is InChI=1S/C12H9F2N3O2S/c13-7-3-6(4-8(14)5-7)10-15-12(17-16-10)20-9-1-2-19-11(9)18/h3-5,9H,1-2H2,(H,15,16,17). The van der Waals surface area contributed by atoms with Gasteiger partial charge < -0.3 is 4.74 Å². The Bertz CT molecular complexity index is 642. The lowest BCUT2D eigenvalue weighted by Gasteiger charge is -1.99. The van der Waals surface area contributed by atoms with E-state index in [1.165, 1.54) is 11.8 Å². The van der Waals surface area contributed by atoms with E-state index >= 15 is 0 Å². The molecule has 3 rings (SSSR count). The first-order valence-corrected chi connectivity index (χ1v) is 6.72. The summed E-state index contributed by atoms with van der Waals surface area (Å²) in [6, 6.07) is 3.09. The summed E-state index contributed by atoms with van der Waals surface area (Å²) in [4.78, 5) is 15.5. The smallest absolute Gasteiger partial charge is 0.319 e.